The fourth-order valence-corrected chi connectivity index (χ4v) is 3.85. The van der Waals surface area contributed by atoms with Crippen LogP contribution in [0.5, 0.6) is 0 Å². The molecule has 0 saturated carbocycles. The van der Waals surface area contributed by atoms with Crippen LogP contribution >= 0.6 is 0 Å². The molecule has 0 aromatic heterocycles. The second-order valence-electron chi connectivity index (χ2n) is 6.59. The molecule has 0 radical (unpaired) electrons. The zero-order valence-corrected chi connectivity index (χ0v) is 13.9. The van der Waals surface area contributed by atoms with E-state index in [1.165, 1.54) is 44.2 Å². The van der Waals surface area contributed by atoms with Crippen molar-refractivity contribution in [2.75, 3.05) is 0 Å². The van der Waals surface area contributed by atoms with E-state index in [0.717, 1.165) is 6.42 Å². The van der Waals surface area contributed by atoms with Gasteiger partial charge in [-0.3, -0.25) is 0 Å². The van der Waals surface area contributed by atoms with Crippen molar-refractivity contribution in [1.82, 2.24) is 0 Å². The highest BCUT2D eigenvalue weighted by Crippen LogP contribution is 2.38. The van der Waals surface area contributed by atoms with Crippen LogP contribution in [-0.4, -0.2) is 0 Å². The van der Waals surface area contributed by atoms with Gasteiger partial charge in [0.15, 0.2) is 0 Å². The molecule has 1 aliphatic carbocycles. The Morgan fingerprint density at radius 1 is 0.560 bits per heavy atom. The fraction of sp³-hybridized carbons (Fsp3) is 0.0400. The van der Waals surface area contributed by atoms with Crippen LogP contribution < -0.4 is 0 Å². The maximum absolute atomic E-state index is 2.30. The molecule has 0 amide bonds. The predicted molar refractivity (Wildman–Crippen MR) is 108 cm³/mol. The van der Waals surface area contributed by atoms with E-state index in [4.69, 9.17) is 0 Å². The average Bonchev–Trinajstić information content (AvgIpc) is 3.16. The van der Waals surface area contributed by atoms with Crippen LogP contribution in [0, 0.1) is 0 Å². The normalized spacial score (nSPS) is 12.5. The monoisotopic (exact) mass is 318 g/mol. The Bertz CT molecular complexity index is 1120. The summed E-state index contributed by atoms with van der Waals surface area (Å²) in [4.78, 5) is 0. The van der Waals surface area contributed by atoms with Gasteiger partial charge in [0, 0.05) is 0 Å². The molecule has 4 aromatic rings. The number of allylic oxidation sites excluding steroid dienone is 1. The third-order valence-electron chi connectivity index (χ3n) is 5.10. The van der Waals surface area contributed by atoms with Gasteiger partial charge < -0.3 is 0 Å². The van der Waals surface area contributed by atoms with Crippen LogP contribution in [0.25, 0.3) is 39.1 Å². The van der Waals surface area contributed by atoms with Gasteiger partial charge in [0.25, 0.3) is 0 Å². The first kappa shape index (κ1) is 14.2. The van der Waals surface area contributed by atoms with E-state index in [1.54, 1.807) is 0 Å². The zero-order chi connectivity index (χ0) is 16.6. The van der Waals surface area contributed by atoms with Crippen LogP contribution in [0.3, 0.4) is 0 Å². The molecule has 0 N–H and O–H groups in total. The summed E-state index contributed by atoms with van der Waals surface area (Å²) in [6, 6.07) is 30.7. The molecule has 1 aliphatic rings. The Kier molecular flexibility index (Phi) is 3.28. The highest BCUT2D eigenvalue weighted by Gasteiger charge is 2.14. The molecule has 0 saturated heterocycles. The van der Waals surface area contributed by atoms with Crippen molar-refractivity contribution in [3.63, 3.8) is 0 Å². The first-order valence-corrected chi connectivity index (χ1v) is 8.77. The summed E-state index contributed by atoms with van der Waals surface area (Å²) in [7, 11) is 0. The molecular formula is C25H18. The van der Waals surface area contributed by atoms with Gasteiger partial charge in [-0.05, 0) is 56.6 Å². The van der Waals surface area contributed by atoms with Gasteiger partial charge in [-0.15, -0.1) is 0 Å². The lowest BCUT2D eigenvalue weighted by molar-refractivity contribution is 1.31. The molecule has 0 nitrogen and oxygen atoms in total. The lowest BCUT2D eigenvalue weighted by Crippen LogP contribution is -1.90. The summed E-state index contributed by atoms with van der Waals surface area (Å²) >= 11 is 0. The Hall–Kier alpha value is -3.12. The van der Waals surface area contributed by atoms with Crippen molar-refractivity contribution in [3.05, 3.63) is 102 Å². The van der Waals surface area contributed by atoms with Gasteiger partial charge >= 0.3 is 0 Å². The minimum Gasteiger partial charge on any atom is -0.0795 e. The van der Waals surface area contributed by atoms with E-state index in [9.17, 15) is 0 Å². The third kappa shape index (κ3) is 2.38. The highest BCUT2D eigenvalue weighted by molar-refractivity contribution is 5.93. The SMILES string of the molecule is C1=Cc2c(cccc2-c2ccccc2-c2ccc3ccccc3c2)C1. The van der Waals surface area contributed by atoms with Gasteiger partial charge in [0.05, 0.1) is 0 Å². The van der Waals surface area contributed by atoms with Crippen LogP contribution in [-0.2, 0) is 6.42 Å². The van der Waals surface area contributed by atoms with E-state index >= 15 is 0 Å². The van der Waals surface area contributed by atoms with Crippen molar-refractivity contribution < 1.29 is 0 Å². The number of hydrogen-bond acceptors (Lipinski definition) is 0. The predicted octanol–water partition coefficient (Wildman–Crippen LogP) is 6.74. The minimum atomic E-state index is 1.04. The number of fused-ring (bicyclic) bond motifs is 2. The zero-order valence-electron chi connectivity index (χ0n) is 13.9. The van der Waals surface area contributed by atoms with Crippen molar-refractivity contribution >= 4 is 16.8 Å². The first-order valence-electron chi connectivity index (χ1n) is 8.77. The van der Waals surface area contributed by atoms with Crippen molar-refractivity contribution in [2.45, 2.75) is 6.42 Å². The van der Waals surface area contributed by atoms with Crippen LogP contribution in [0.4, 0.5) is 0 Å². The molecule has 0 aliphatic heterocycles. The lowest BCUT2D eigenvalue weighted by atomic mass is 9.90. The first-order chi connectivity index (χ1) is 12.4. The van der Waals surface area contributed by atoms with Crippen LogP contribution in [0.1, 0.15) is 11.1 Å². The molecule has 0 bridgehead atoms. The standard InChI is InChI=1S/C25H18/c1-2-8-20-17-21(16-15-18(20)7-1)23-11-3-4-12-24(23)25-14-6-10-19-9-5-13-22(19)25/h1-8,10-17H,9H2. The highest BCUT2D eigenvalue weighted by atomic mass is 14.2. The Morgan fingerprint density at radius 3 is 2.24 bits per heavy atom. The fourth-order valence-electron chi connectivity index (χ4n) is 3.85. The molecule has 0 unspecified atom stereocenters. The summed E-state index contributed by atoms with van der Waals surface area (Å²) in [5.41, 5.74) is 7.99. The lowest BCUT2D eigenvalue weighted by Gasteiger charge is -2.14. The van der Waals surface area contributed by atoms with Gasteiger partial charge in [-0.2, -0.15) is 0 Å². The Morgan fingerprint density at radius 2 is 1.32 bits per heavy atom. The maximum Gasteiger partial charge on any atom is -0.00879 e. The van der Waals surface area contributed by atoms with E-state index in [2.05, 4.69) is 97.1 Å². The minimum absolute atomic E-state index is 1.04. The summed E-state index contributed by atoms with van der Waals surface area (Å²) in [5.74, 6) is 0. The second kappa shape index (κ2) is 5.75. The molecular weight excluding hydrogens is 300 g/mol. The molecule has 0 fully saturated rings. The van der Waals surface area contributed by atoms with Crippen molar-refractivity contribution in [1.29, 1.82) is 0 Å². The topological polar surface area (TPSA) is 0 Å². The molecule has 0 atom stereocenters. The second-order valence-corrected chi connectivity index (χ2v) is 6.59. The molecule has 0 spiro atoms. The molecule has 5 rings (SSSR count). The molecule has 118 valence electrons. The smallest absolute Gasteiger partial charge is 0.00879 e. The van der Waals surface area contributed by atoms with Gasteiger partial charge in [-0.25, -0.2) is 0 Å². The average molecular weight is 318 g/mol. The van der Waals surface area contributed by atoms with Crippen molar-refractivity contribution in [2.24, 2.45) is 0 Å². The van der Waals surface area contributed by atoms with Gasteiger partial charge in [0.1, 0.15) is 0 Å². The third-order valence-corrected chi connectivity index (χ3v) is 5.10. The van der Waals surface area contributed by atoms with Crippen LogP contribution in [0.15, 0.2) is 91.0 Å². The Balaban J connectivity index is 1.73. The molecule has 0 heteroatoms. The maximum atomic E-state index is 2.30. The van der Waals surface area contributed by atoms with E-state index in [-0.39, 0.29) is 0 Å². The number of rotatable bonds is 2. The summed E-state index contributed by atoms with van der Waals surface area (Å²) in [6.45, 7) is 0. The quantitative estimate of drug-likeness (QED) is 0.384. The van der Waals surface area contributed by atoms with Crippen LogP contribution in [0.2, 0.25) is 0 Å². The van der Waals surface area contributed by atoms with E-state index < -0.39 is 0 Å². The molecule has 4 aromatic carbocycles. The Labute approximate surface area is 148 Å². The molecule has 25 heavy (non-hydrogen) atoms. The van der Waals surface area contributed by atoms with Gasteiger partial charge in [0.2, 0.25) is 0 Å². The number of hydrogen-bond donors (Lipinski definition) is 0. The summed E-state index contributed by atoms with van der Waals surface area (Å²) in [5, 5.41) is 2.57. The van der Waals surface area contributed by atoms with E-state index in [1.807, 2.05) is 0 Å². The summed E-state index contributed by atoms with van der Waals surface area (Å²) < 4.78 is 0. The molecule has 0 heterocycles. The van der Waals surface area contributed by atoms with Crippen molar-refractivity contribution in [3.8, 4) is 22.3 Å². The summed E-state index contributed by atoms with van der Waals surface area (Å²) in [6.07, 6.45) is 5.57. The largest absolute Gasteiger partial charge is 0.0795 e. The van der Waals surface area contributed by atoms with Gasteiger partial charge in [-0.1, -0.05) is 91.0 Å². The number of benzene rings is 4. The van der Waals surface area contributed by atoms with E-state index in [0.29, 0.717) is 0 Å².